The minimum atomic E-state index is -0.397. The SMILES string of the molecule is CNc1cc(N(C)c2ccc(OC)cc2)cc([N+](=O)[O-])c1. The van der Waals surface area contributed by atoms with Crippen molar-refractivity contribution in [2.75, 3.05) is 31.4 Å². The summed E-state index contributed by atoms with van der Waals surface area (Å²) in [4.78, 5) is 12.5. The van der Waals surface area contributed by atoms with Crippen LogP contribution in [0.15, 0.2) is 42.5 Å². The zero-order valence-electron chi connectivity index (χ0n) is 12.2. The van der Waals surface area contributed by atoms with Gasteiger partial charge in [-0.3, -0.25) is 10.1 Å². The second-order valence-corrected chi connectivity index (χ2v) is 4.50. The Morgan fingerprint density at radius 2 is 1.81 bits per heavy atom. The summed E-state index contributed by atoms with van der Waals surface area (Å²) >= 11 is 0. The molecule has 0 saturated carbocycles. The second-order valence-electron chi connectivity index (χ2n) is 4.50. The Morgan fingerprint density at radius 3 is 2.33 bits per heavy atom. The van der Waals surface area contributed by atoms with Gasteiger partial charge in [-0.2, -0.15) is 0 Å². The number of methoxy groups -OCH3 is 1. The van der Waals surface area contributed by atoms with Gasteiger partial charge in [-0.1, -0.05) is 0 Å². The molecule has 0 aliphatic heterocycles. The number of anilines is 3. The van der Waals surface area contributed by atoms with E-state index in [0.29, 0.717) is 5.69 Å². The highest BCUT2D eigenvalue weighted by molar-refractivity contribution is 5.70. The van der Waals surface area contributed by atoms with Crippen LogP contribution >= 0.6 is 0 Å². The molecule has 0 aliphatic rings. The van der Waals surface area contributed by atoms with Crippen molar-refractivity contribution >= 4 is 22.7 Å². The van der Waals surface area contributed by atoms with Gasteiger partial charge < -0.3 is 15.0 Å². The van der Waals surface area contributed by atoms with Crippen LogP contribution in [0.3, 0.4) is 0 Å². The number of ether oxygens (including phenoxy) is 1. The van der Waals surface area contributed by atoms with E-state index < -0.39 is 4.92 Å². The lowest BCUT2D eigenvalue weighted by molar-refractivity contribution is -0.384. The summed E-state index contributed by atoms with van der Waals surface area (Å²) < 4.78 is 5.12. The van der Waals surface area contributed by atoms with Crippen LogP contribution in [0.4, 0.5) is 22.7 Å². The van der Waals surface area contributed by atoms with Gasteiger partial charge in [0.15, 0.2) is 0 Å². The molecule has 6 heteroatoms. The fourth-order valence-corrected chi connectivity index (χ4v) is 1.99. The Balaban J connectivity index is 2.38. The van der Waals surface area contributed by atoms with Crippen LogP contribution in [0.5, 0.6) is 5.75 Å². The maximum absolute atomic E-state index is 11.0. The van der Waals surface area contributed by atoms with Gasteiger partial charge in [0.05, 0.1) is 12.0 Å². The molecule has 0 unspecified atom stereocenters. The quantitative estimate of drug-likeness (QED) is 0.674. The van der Waals surface area contributed by atoms with E-state index in [-0.39, 0.29) is 5.69 Å². The molecule has 0 aromatic heterocycles. The average molecular weight is 287 g/mol. The standard InChI is InChI=1S/C15H17N3O3/c1-16-11-8-13(10-14(9-11)18(19)20)17(2)12-4-6-15(21-3)7-5-12/h4-10,16H,1-3H3. The number of nitro groups is 1. The predicted molar refractivity (Wildman–Crippen MR) is 83.7 cm³/mol. The molecule has 0 bridgehead atoms. The summed E-state index contributed by atoms with van der Waals surface area (Å²) in [5, 5.41) is 13.9. The lowest BCUT2D eigenvalue weighted by atomic mass is 10.2. The summed E-state index contributed by atoms with van der Waals surface area (Å²) in [7, 11) is 5.20. The van der Waals surface area contributed by atoms with E-state index in [1.54, 1.807) is 20.2 Å². The van der Waals surface area contributed by atoms with Gasteiger partial charge in [-0.15, -0.1) is 0 Å². The third-order valence-electron chi connectivity index (χ3n) is 3.25. The smallest absolute Gasteiger partial charge is 0.273 e. The third-order valence-corrected chi connectivity index (χ3v) is 3.25. The van der Waals surface area contributed by atoms with Gasteiger partial charge in [0, 0.05) is 43.3 Å². The molecule has 21 heavy (non-hydrogen) atoms. The van der Waals surface area contributed by atoms with E-state index in [2.05, 4.69) is 5.32 Å². The molecule has 0 saturated heterocycles. The van der Waals surface area contributed by atoms with Crippen molar-refractivity contribution in [2.45, 2.75) is 0 Å². The molecule has 0 amide bonds. The first kappa shape index (κ1) is 14.6. The first-order valence-electron chi connectivity index (χ1n) is 6.40. The monoisotopic (exact) mass is 287 g/mol. The fraction of sp³-hybridized carbons (Fsp3) is 0.200. The summed E-state index contributed by atoms with van der Waals surface area (Å²) in [6, 6.07) is 12.4. The van der Waals surface area contributed by atoms with Crippen molar-refractivity contribution in [3.05, 3.63) is 52.6 Å². The second kappa shape index (κ2) is 6.13. The van der Waals surface area contributed by atoms with Crippen LogP contribution in [-0.2, 0) is 0 Å². The van der Waals surface area contributed by atoms with Crippen LogP contribution < -0.4 is 15.0 Å². The normalized spacial score (nSPS) is 10.0. The molecule has 110 valence electrons. The molecular weight excluding hydrogens is 270 g/mol. The van der Waals surface area contributed by atoms with Crippen molar-refractivity contribution in [1.29, 1.82) is 0 Å². The minimum absolute atomic E-state index is 0.0530. The highest BCUT2D eigenvalue weighted by Crippen LogP contribution is 2.31. The molecular formula is C15H17N3O3. The third kappa shape index (κ3) is 3.22. The van der Waals surface area contributed by atoms with Gasteiger partial charge in [0.2, 0.25) is 0 Å². The topological polar surface area (TPSA) is 67.6 Å². The Morgan fingerprint density at radius 1 is 1.14 bits per heavy atom. The molecule has 0 radical (unpaired) electrons. The number of non-ortho nitro benzene ring substituents is 1. The van der Waals surface area contributed by atoms with E-state index in [4.69, 9.17) is 4.74 Å². The van der Waals surface area contributed by atoms with Crippen molar-refractivity contribution in [2.24, 2.45) is 0 Å². The van der Waals surface area contributed by atoms with Crippen molar-refractivity contribution in [1.82, 2.24) is 0 Å². The molecule has 0 heterocycles. The summed E-state index contributed by atoms with van der Waals surface area (Å²) in [5.74, 6) is 0.766. The van der Waals surface area contributed by atoms with Gasteiger partial charge in [0.1, 0.15) is 5.75 Å². The summed E-state index contributed by atoms with van der Waals surface area (Å²) in [5.41, 5.74) is 2.40. The molecule has 2 rings (SSSR count). The number of nitrogens with zero attached hydrogens (tertiary/aromatic N) is 2. The van der Waals surface area contributed by atoms with Gasteiger partial charge in [0.25, 0.3) is 5.69 Å². The van der Waals surface area contributed by atoms with Gasteiger partial charge in [-0.05, 0) is 30.3 Å². The number of benzene rings is 2. The molecule has 2 aromatic carbocycles. The molecule has 6 nitrogen and oxygen atoms in total. The maximum Gasteiger partial charge on any atom is 0.273 e. The Hall–Kier alpha value is -2.76. The number of hydrogen-bond acceptors (Lipinski definition) is 5. The average Bonchev–Trinajstić information content (AvgIpc) is 2.53. The highest BCUT2D eigenvalue weighted by Gasteiger charge is 2.13. The summed E-state index contributed by atoms with van der Waals surface area (Å²) in [6.07, 6.45) is 0. The Labute approximate surface area is 123 Å². The number of hydrogen-bond donors (Lipinski definition) is 1. The van der Waals surface area contributed by atoms with Crippen molar-refractivity contribution < 1.29 is 9.66 Å². The lowest BCUT2D eigenvalue weighted by Crippen LogP contribution is -2.10. The molecule has 0 atom stereocenters. The van der Waals surface area contributed by atoms with E-state index in [0.717, 1.165) is 17.1 Å². The highest BCUT2D eigenvalue weighted by atomic mass is 16.6. The Bertz CT molecular complexity index is 641. The molecule has 0 aliphatic carbocycles. The van der Waals surface area contributed by atoms with Crippen molar-refractivity contribution in [3.8, 4) is 5.75 Å². The van der Waals surface area contributed by atoms with Crippen LogP contribution in [0.2, 0.25) is 0 Å². The van der Waals surface area contributed by atoms with Crippen molar-refractivity contribution in [3.63, 3.8) is 0 Å². The molecule has 0 fully saturated rings. The Kier molecular flexibility index (Phi) is 4.27. The minimum Gasteiger partial charge on any atom is -0.497 e. The van der Waals surface area contributed by atoms with E-state index in [1.165, 1.54) is 6.07 Å². The van der Waals surface area contributed by atoms with E-state index >= 15 is 0 Å². The molecule has 1 N–H and O–H groups in total. The first-order chi connectivity index (χ1) is 10.0. The first-order valence-corrected chi connectivity index (χ1v) is 6.40. The zero-order valence-corrected chi connectivity index (χ0v) is 12.2. The number of nitrogens with one attached hydrogen (secondary N) is 1. The lowest BCUT2D eigenvalue weighted by Gasteiger charge is -2.20. The van der Waals surface area contributed by atoms with Gasteiger partial charge >= 0.3 is 0 Å². The summed E-state index contributed by atoms with van der Waals surface area (Å²) in [6.45, 7) is 0. The largest absolute Gasteiger partial charge is 0.497 e. The van der Waals surface area contributed by atoms with E-state index in [9.17, 15) is 10.1 Å². The molecule has 0 spiro atoms. The van der Waals surface area contributed by atoms with E-state index in [1.807, 2.05) is 42.3 Å². The fourth-order valence-electron chi connectivity index (χ4n) is 1.99. The van der Waals surface area contributed by atoms with Crippen LogP contribution in [-0.4, -0.2) is 26.1 Å². The maximum atomic E-state index is 11.0. The van der Waals surface area contributed by atoms with Gasteiger partial charge in [-0.25, -0.2) is 0 Å². The molecule has 2 aromatic rings. The zero-order chi connectivity index (χ0) is 15.4. The number of rotatable bonds is 5. The van der Waals surface area contributed by atoms with Crippen LogP contribution in [0.25, 0.3) is 0 Å². The predicted octanol–water partition coefficient (Wildman–Crippen LogP) is 3.41. The van der Waals surface area contributed by atoms with Crippen LogP contribution in [0.1, 0.15) is 0 Å². The van der Waals surface area contributed by atoms with Crippen LogP contribution in [0, 0.1) is 10.1 Å². The number of nitro benzene ring substituents is 1.